The molecule has 0 radical (unpaired) electrons. The van der Waals surface area contributed by atoms with E-state index in [0.717, 1.165) is 0 Å². The van der Waals surface area contributed by atoms with Crippen molar-refractivity contribution in [3.8, 4) is 0 Å². The van der Waals surface area contributed by atoms with Crippen LogP contribution in [0.5, 0.6) is 0 Å². The lowest BCUT2D eigenvalue weighted by atomic mass is 11.8. The Kier molecular flexibility index (Phi) is 6.52. The van der Waals surface area contributed by atoms with Gasteiger partial charge in [-0.1, -0.05) is 0 Å². The zero-order valence-corrected chi connectivity index (χ0v) is 9.91. The molecule has 0 amide bonds. The molecule has 0 aliphatic carbocycles. The maximum Gasteiger partial charge on any atom is 0.196 e. The Bertz CT molecular complexity index is 168. The van der Waals surface area contributed by atoms with Gasteiger partial charge in [0.15, 0.2) is 7.37 Å². The first-order valence-corrected chi connectivity index (χ1v) is 8.76. The molecule has 0 saturated heterocycles. The molecule has 0 aliphatic heterocycles. The fourth-order valence-electron chi connectivity index (χ4n) is 0. The highest BCUT2D eigenvalue weighted by Crippen LogP contribution is 2.35. The number of hydrogen-bond donors (Lipinski definition) is 0. The first-order valence-electron chi connectivity index (χ1n) is 3.19. The van der Waals surface area contributed by atoms with E-state index in [1.54, 1.807) is 33.3 Å². The molecule has 0 saturated carbocycles. The van der Waals surface area contributed by atoms with Crippen molar-refractivity contribution < 1.29 is 13.7 Å². The summed E-state index contributed by atoms with van der Waals surface area (Å²) in [5.41, 5.74) is 0. The Labute approximate surface area is 69.3 Å². The summed E-state index contributed by atoms with van der Waals surface area (Å²) in [4.78, 5) is 0. The summed E-state index contributed by atoms with van der Waals surface area (Å²) in [7, 11) is -2.34. The minimum atomic E-state index is -2.15. The van der Waals surface area contributed by atoms with Gasteiger partial charge in [-0.25, -0.2) is 0 Å². The smallest absolute Gasteiger partial charge is 0.196 e. The van der Waals surface area contributed by atoms with E-state index in [1.165, 1.54) is 7.11 Å². The fourth-order valence-corrected chi connectivity index (χ4v) is 0. The summed E-state index contributed by atoms with van der Waals surface area (Å²) in [5, 5.41) is 0. The van der Waals surface area contributed by atoms with Crippen LogP contribution in [0.3, 0.4) is 0 Å². The average Bonchev–Trinajstić information content (AvgIpc) is 1.59. The van der Waals surface area contributed by atoms with Gasteiger partial charge in [0, 0.05) is 20.4 Å². The van der Waals surface area contributed by atoms with Crippen LogP contribution in [0.1, 0.15) is 0 Å². The molecule has 0 aliphatic rings. The Morgan fingerprint density at radius 3 is 1.00 bits per heavy atom. The third-order valence-electron chi connectivity index (χ3n) is 0.440. The third kappa shape index (κ3) is 63.2. The van der Waals surface area contributed by atoms with Gasteiger partial charge in [-0.3, -0.25) is 4.57 Å². The van der Waals surface area contributed by atoms with Gasteiger partial charge in [0.1, 0.15) is 0 Å². The van der Waals surface area contributed by atoms with Crippen LogP contribution in [0.4, 0.5) is 0 Å². The van der Waals surface area contributed by atoms with E-state index in [0.29, 0.717) is 0 Å². The van der Waals surface area contributed by atoms with Crippen LogP contribution < -0.4 is 0 Å². The van der Waals surface area contributed by atoms with Gasteiger partial charge in [0.2, 0.25) is 0 Å². The van der Waals surface area contributed by atoms with E-state index in [1.807, 2.05) is 0 Å². The molecule has 11 heavy (non-hydrogen) atoms. The van der Waals surface area contributed by atoms with Crippen LogP contribution >= 0.6 is 14.5 Å². The van der Waals surface area contributed by atoms with Crippen molar-refractivity contribution in [1.82, 2.24) is 0 Å². The van der Waals surface area contributed by atoms with Gasteiger partial charge >= 0.3 is 0 Å². The minimum Gasteiger partial charge on any atom is -0.332 e. The second-order valence-corrected chi connectivity index (χ2v) is 9.97. The van der Waals surface area contributed by atoms with E-state index in [4.69, 9.17) is 0 Å². The fraction of sp³-hybridized carbons (Fsp3) is 1.00. The van der Waals surface area contributed by atoms with Crippen molar-refractivity contribution in [2.45, 2.75) is 0 Å². The van der Waals surface area contributed by atoms with Gasteiger partial charge in [-0.2, -0.15) is 0 Å². The van der Waals surface area contributed by atoms with Crippen molar-refractivity contribution in [3.63, 3.8) is 0 Å². The molecular weight excluding hydrogens is 182 g/mol. The first-order chi connectivity index (χ1) is 4.56. The van der Waals surface area contributed by atoms with Gasteiger partial charge in [0.25, 0.3) is 0 Å². The Balaban J connectivity index is 0. The lowest BCUT2D eigenvalue weighted by molar-refractivity contribution is 0.404. The van der Waals surface area contributed by atoms with Gasteiger partial charge < -0.3 is 9.09 Å². The van der Waals surface area contributed by atoms with Crippen LogP contribution in [-0.2, 0) is 13.7 Å². The summed E-state index contributed by atoms with van der Waals surface area (Å²) in [5.74, 6) is 0. The summed E-state index contributed by atoms with van der Waals surface area (Å²) in [6.07, 6.45) is 0. The third-order valence-corrected chi connectivity index (χ3v) is 1.32. The van der Waals surface area contributed by atoms with Crippen molar-refractivity contribution in [2.75, 3.05) is 40.4 Å². The molecule has 70 valence electrons. The first kappa shape index (κ1) is 14.0. The van der Waals surface area contributed by atoms with Crippen LogP contribution in [0.25, 0.3) is 0 Å². The summed E-state index contributed by atoms with van der Waals surface area (Å²) < 4.78 is 25.1. The zero-order chi connectivity index (χ0) is 9.71. The Hall–Kier alpha value is 0.420. The summed E-state index contributed by atoms with van der Waals surface area (Å²) in [6.45, 7) is 8.38. The van der Waals surface area contributed by atoms with E-state index in [9.17, 15) is 9.13 Å². The van der Waals surface area contributed by atoms with E-state index < -0.39 is 14.5 Å². The average molecular weight is 200 g/mol. The molecular formula is C6H18O3P2. The molecule has 0 aromatic carbocycles. The largest absolute Gasteiger partial charge is 0.332 e. The summed E-state index contributed by atoms with van der Waals surface area (Å²) in [6, 6.07) is 0. The van der Waals surface area contributed by atoms with Gasteiger partial charge in [0.05, 0.1) is 7.14 Å². The van der Waals surface area contributed by atoms with E-state index in [2.05, 4.69) is 4.52 Å². The highest BCUT2D eigenvalue weighted by molar-refractivity contribution is 7.61. The van der Waals surface area contributed by atoms with Crippen molar-refractivity contribution in [3.05, 3.63) is 0 Å². The molecule has 0 heterocycles. The van der Waals surface area contributed by atoms with Crippen LogP contribution in [-0.4, -0.2) is 40.4 Å². The highest BCUT2D eigenvalue weighted by Gasteiger charge is 1.99. The monoisotopic (exact) mass is 200 g/mol. The topological polar surface area (TPSA) is 43.4 Å². The SMILES string of the molecule is COP(C)(C)=O.CP(C)(C)=O. The maximum absolute atomic E-state index is 10.4. The van der Waals surface area contributed by atoms with Crippen molar-refractivity contribution in [1.29, 1.82) is 0 Å². The van der Waals surface area contributed by atoms with Crippen molar-refractivity contribution in [2.24, 2.45) is 0 Å². The maximum atomic E-state index is 10.4. The van der Waals surface area contributed by atoms with Crippen molar-refractivity contribution >= 4 is 14.5 Å². The Morgan fingerprint density at radius 2 is 1.00 bits per heavy atom. The molecule has 3 nitrogen and oxygen atoms in total. The molecule has 0 rings (SSSR count). The minimum absolute atomic E-state index is 1.45. The Morgan fingerprint density at radius 1 is 0.909 bits per heavy atom. The van der Waals surface area contributed by atoms with Crippen LogP contribution in [0.15, 0.2) is 0 Å². The van der Waals surface area contributed by atoms with E-state index in [-0.39, 0.29) is 0 Å². The molecule has 0 N–H and O–H groups in total. The molecule has 0 atom stereocenters. The predicted octanol–water partition coefficient (Wildman–Crippen LogP) is 2.41. The molecule has 0 bridgehead atoms. The lowest BCUT2D eigenvalue weighted by Gasteiger charge is -1.98. The normalized spacial score (nSPS) is 11.8. The molecule has 0 unspecified atom stereocenters. The standard InChI is InChI=1S/C3H9O2P.C3H9OP/c1-5-6(2,3)4;1-5(2,3)4/h1-3H3;1-3H3. The second kappa shape index (κ2) is 5.13. The highest BCUT2D eigenvalue weighted by atomic mass is 31.2. The molecule has 5 heteroatoms. The molecule has 0 spiro atoms. The number of hydrogen-bond acceptors (Lipinski definition) is 3. The zero-order valence-electron chi connectivity index (χ0n) is 8.12. The van der Waals surface area contributed by atoms with Gasteiger partial charge in [-0.05, 0) is 20.0 Å². The van der Waals surface area contributed by atoms with Crippen LogP contribution in [0.2, 0.25) is 0 Å². The molecule has 0 aromatic heterocycles. The predicted molar refractivity (Wildman–Crippen MR) is 51.8 cm³/mol. The van der Waals surface area contributed by atoms with Crippen LogP contribution in [0, 0.1) is 0 Å². The quantitative estimate of drug-likeness (QED) is 0.610. The lowest BCUT2D eigenvalue weighted by Crippen LogP contribution is -1.74. The number of rotatable bonds is 1. The summed E-state index contributed by atoms with van der Waals surface area (Å²) >= 11 is 0. The molecule has 0 fully saturated rings. The van der Waals surface area contributed by atoms with E-state index >= 15 is 0 Å². The van der Waals surface area contributed by atoms with Gasteiger partial charge in [-0.15, -0.1) is 0 Å². The second-order valence-electron chi connectivity index (χ2n) is 3.32. The molecule has 0 aromatic rings.